The summed E-state index contributed by atoms with van der Waals surface area (Å²) >= 11 is 0. The predicted molar refractivity (Wildman–Crippen MR) is 57.4 cm³/mol. The molecule has 1 saturated carbocycles. The van der Waals surface area contributed by atoms with Crippen LogP contribution in [-0.4, -0.2) is 31.3 Å². The summed E-state index contributed by atoms with van der Waals surface area (Å²) in [6.45, 7) is 2.22. The fourth-order valence-corrected chi connectivity index (χ4v) is 1.89. The number of esters is 1. The zero-order chi connectivity index (χ0) is 11.1. The Morgan fingerprint density at radius 2 is 2.07 bits per heavy atom. The Morgan fingerprint density at radius 1 is 1.33 bits per heavy atom. The molecule has 2 unspecified atom stereocenters. The molecule has 0 aliphatic heterocycles. The maximum Gasteiger partial charge on any atom is 0.332 e. The summed E-state index contributed by atoms with van der Waals surface area (Å²) in [5.41, 5.74) is 5.96. The quantitative estimate of drug-likeness (QED) is 0.566. The van der Waals surface area contributed by atoms with Crippen molar-refractivity contribution in [3.05, 3.63) is 0 Å². The molecule has 0 radical (unpaired) electrons. The van der Waals surface area contributed by atoms with Crippen molar-refractivity contribution in [3.63, 3.8) is 0 Å². The molecule has 88 valence electrons. The highest BCUT2D eigenvalue weighted by atomic mass is 16.6. The number of ether oxygens (including phenoxy) is 2. The van der Waals surface area contributed by atoms with Gasteiger partial charge in [0.05, 0.1) is 12.7 Å². The Labute approximate surface area is 91.1 Å². The van der Waals surface area contributed by atoms with Gasteiger partial charge in [0.25, 0.3) is 0 Å². The summed E-state index contributed by atoms with van der Waals surface area (Å²) in [4.78, 5) is 11.1. The minimum Gasteiger partial charge on any atom is -0.464 e. The average molecular weight is 215 g/mol. The number of carbonyl (C=O) groups is 1. The number of nitrogens with two attached hydrogens (primary N) is 1. The van der Waals surface area contributed by atoms with Gasteiger partial charge in [-0.15, -0.1) is 0 Å². The van der Waals surface area contributed by atoms with Crippen LogP contribution in [0.5, 0.6) is 0 Å². The van der Waals surface area contributed by atoms with E-state index >= 15 is 0 Å². The number of hydrogen-bond donors (Lipinski definition) is 1. The van der Waals surface area contributed by atoms with E-state index in [4.69, 9.17) is 15.2 Å². The minimum absolute atomic E-state index is 0.0249. The molecule has 0 aromatic heterocycles. The van der Waals surface area contributed by atoms with Gasteiger partial charge in [-0.1, -0.05) is 19.3 Å². The van der Waals surface area contributed by atoms with E-state index in [2.05, 4.69) is 0 Å². The lowest BCUT2D eigenvalue weighted by molar-refractivity contribution is -0.151. The lowest BCUT2D eigenvalue weighted by atomic mass is 10.1. The monoisotopic (exact) mass is 215 g/mol. The molecule has 0 bridgehead atoms. The zero-order valence-corrected chi connectivity index (χ0v) is 9.41. The van der Waals surface area contributed by atoms with Gasteiger partial charge in [-0.05, 0) is 19.8 Å². The molecule has 4 nitrogen and oxygen atoms in total. The normalized spacial score (nSPS) is 27.1. The van der Waals surface area contributed by atoms with E-state index in [1.165, 1.54) is 12.8 Å². The summed E-state index contributed by atoms with van der Waals surface area (Å²) in [5, 5.41) is 0. The van der Waals surface area contributed by atoms with Crippen molar-refractivity contribution in [2.75, 3.05) is 13.2 Å². The Kier molecular flexibility index (Phi) is 5.65. The molecular formula is C11H21NO3. The van der Waals surface area contributed by atoms with Crippen molar-refractivity contribution >= 4 is 5.97 Å². The predicted octanol–water partition coefficient (Wildman–Crippen LogP) is 1.23. The lowest BCUT2D eigenvalue weighted by Crippen LogP contribution is -2.37. The van der Waals surface area contributed by atoms with Gasteiger partial charge in [-0.25, -0.2) is 4.79 Å². The van der Waals surface area contributed by atoms with E-state index in [1.807, 2.05) is 0 Å². The van der Waals surface area contributed by atoms with Crippen molar-refractivity contribution < 1.29 is 14.3 Å². The second kappa shape index (κ2) is 6.80. The van der Waals surface area contributed by atoms with Crippen LogP contribution in [0.3, 0.4) is 0 Å². The molecule has 0 heterocycles. The van der Waals surface area contributed by atoms with E-state index in [1.54, 1.807) is 6.92 Å². The maximum absolute atomic E-state index is 11.1. The van der Waals surface area contributed by atoms with E-state index < -0.39 is 0 Å². The van der Waals surface area contributed by atoms with Crippen LogP contribution in [0, 0.1) is 0 Å². The minimum atomic E-state index is -0.297. The molecule has 0 aromatic rings. The molecular weight excluding hydrogens is 194 g/mol. The molecule has 0 aromatic carbocycles. The third-order valence-electron chi connectivity index (χ3n) is 2.72. The van der Waals surface area contributed by atoms with Gasteiger partial charge in [0.2, 0.25) is 0 Å². The highest BCUT2D eigenvalue weighted by Gasteiger charge is 2.21. The van der Waals surface area contributed by atoms with Crippen LogP contribution in [-0.2, 0) is 14.3 Å². The highest BCUT2D eigenvalue weighted by Crippen LogP contribution is 2.19. The highest BCUT2D eigenvalue weighted by molar-refractivity contribution is 5.70. The van der Waals surface area contributed by atoms with Crippen molar-refractivity contribution in [1.82, 2.24) is 0 Å². The van der Waals surface area contributed by atoms with Crippen molar-refractivity contribution in [3.8, 4) is 0 Å². The molecule has 0 spiro atoms. The smallest absolute Gasteiger partial charge is 0.332 e. The molecule has 2 N–H and O–H groups in total. The molecule has 0 saturated heterocycles. The second-order valence-electron chi connectivity index (χ2n) is 3.96. The van der Waals surface area contributed by atoms with Gasteiger partial charge in [-0.2, -0.15) is 0 Å². The van der Waals surface area contributed by atoms with Crippen LogP contribution >= 0.6 is 0 Å². The summed E-state index contributed by atoms with van der Waals surface area (Å²) in [6.07, 6.45) is 5.50. The first-order valence-corrected chi connectivity index (χ1v) is 5.77. The molecule has 4 heteroatoms. The van der Waals surface area contributed by atoms with E-state index in [0.717, 1.165) is 19.3 Å². The van der Waals surface area contributed by atoms with Gasteiger partial charge in [0, 0.05) is 6.04 Å². The zero-order valence-electron chi connectivity index (χ0n) is 9.41. The fourth-order valence-electron chi connectivity index (χ4n) is 1.89. The molecule has 1 fully saturated rings. The molecule has 0 amide bonds. The molecule has 1 rings (SSSR count). The Hall–Kier alpha value is -0.610. The van der Waals surface area contributed by atoms with E-state index in [-0.39, 0.29) is 24.7 Å². The number of rotatable bonds is 4. The van der Waals surface area contributed by atoms with Crippen molar-refractivity contribution in [1.29, 1.82) is 0 Å². The first-order valence-electron chi connectivity index (χ1n) is 5.77. The van der Waals surface area contributed by atoms with Crippen molar-refractivity contribution in [2.24, 2.45) is 5.73 Å². The lowest BCUT2D eigenvalue weighted by Gasteiger charge is -2.21. The Morgan fingerprint density at radius 3 is 2.80 bits per heavy atom. The number of hydrogen-bond acceptors (Lipinski definition) is 4. The van der Waals surface area contributed by atoms with Gasteiger partial charge >= 0.3 is 5.97 Å². The van der Waals surface area contributed by atoms with Crippen LogP contribution in [0.15, 0.2) is 0 Å². The van der Waals surface area contributed by atoms with Crippen LogP contribution in [0.1, 0.15) is 39.0 Å². The molecule has 1 aliphatic rings. The van der Waals surface area contributed by atoms with E-state index in [9.17, 15) is 4.79 Å². The number of carbonyl (C=O) groups excluding carboxylic acids is 1. The summed E-state index contributed by atoms with van der Waals surface area (Å²) in [5.74, 6) is -0.297. The van der Waals surface area contributed by atoms with Crippen molar-refractivity contribution in [2.45, 2.75) is 51.2 Å². The SMILES string of the molecule is CCOC(=O)COC1CCCCCC1N. The maximum atomic E-state index is 11.1. The average Bonchev–Trinajstić information content (AvgIpc) is 2.41. The summed E-state index contributed by atoms with van der Waals surface area (Å²) in [6, 6.07) is 0.0712. The molecule has 1 aliphatic carbocycles. The Bertz CT molecular complexity index is 196. The molecule has 2 atom stereocenters. The van der Waals surface area contributed by atoms with Crippen LogP contribution in [0.2, 0.25) is 0 Å². The van der Waals surface area contributed by atoms with Gasteiger partial charge in [0.1, 0.15) is 6.61 Å². The topological polar surface area (TPSA) is 61.5 Å². The Balaban J connectivity index is 2.25. The largest absolute Gasteiger partial charge is 0.464 e. The van der Waals surface area contributed by atoms with Crippen LogP contribution in [0.4, 0.5) is 0 Å². The standard InChI is InChI=1S/C11H21NO3/c1-2-14-11(13)8-15-10-7-5-3-4-6-9(10)12/h9-10H,2-8,12H2,1H3. The van der Waals surface area contributed by atoms with Gasteiger partial charge < -0.3 is 15.2 Å². The summed E-state index contributed by atoms with van der Waals surface area (Å²) in [7, 11) is 0. The first kappa shape index (κ1) is 12.5. The third-order valence-corrected chi connectivity index (χ3v) is 2.72. The fraction of sp³-hybridized carbons (Fsp3) is 0.909. The molecule has 15 heavy (non-hydrogen) atoms. The van der Waals surface area contributed by atoms with E-state index in [0.29, 0.717) is 6.61 Å². The first-order chi connectivity index (χ1) is 7.24. The van der Waals surface area contributed by atoms with Crippen LogP contribution < -0.4 is 5.73 Å². The third kappa shape index (κ3) is 4.62. The van der Waals surface area contributed by atoms with Gasteiger partial charge in [-0.3, -0.25) is 0 Å². The second-order valence-corrected chi connectivity index (χ2v) is 3.96. The summed E-state index contributed by atoms with van der Waals surface area (Å²) < 4.78 is 10.3. The van der Waals surface area contributed by atoms with Crippen LogP contribution in [0.25, 0.3) is 0 Å². The van der Waals surface area contributed by atoms with Gasteiger partial charge in [0.15, 0.2) is 0 Å².